The van der Waals surface area contributed by atoms with Crippen LogP contribution in [-0.4, -0.2) is 52.9 Å². The van der Waals surface area contributed by atoms with Crippen LogP contribution in [0.1, 0.15) is 31.2 Å². The SMILES string of the molecule is O=C(N1CC2(C[C@H](OCc3cccnc3)CCO2)C1)C1(F)CC1. The minimum atomic E-state index is -1.58. The Hall–Kier alpha value is -1.53. The molecule has 3 aliphatic rings. The third-order valence-corrected chi connectivity index (χ3v) is 4.97. The maximum Gasteiger partial charge on any atom is 0.260 e. The summed E-state index contributed by atoms with van der Waals surface area (Å²) in [4.78, 5) is 17.7. The number of ether oxygens (including phenoxy) is 2. The average molecular weight is 320 g/mol. The highest BCUT2D eigenvalue weighted by atomic mass is 19.1. The van der Waals surface area contributed by atoms with Crippen molar-refractivity contribution >= 4 is 5.91 Å². The van der Waals surface area contributed by atoms with Crippen molar-refractivity contribution in [2.24, 2.45) is 0 Å². The van der Waals surface area contributed by atoms with E-state index < -0.39 is 5.67 Å². The van der Waals surface area contributed by atoms with E-state index in [-0.39, 0.29) is 17.6 Å². The fourth-order valence-electron chi connectivity index (χ4n) is 3.44. The van der Waals surface area contributed by atoms with Crippen LogP contribution in [0, 0.1) is 0 Å². The molecule has 0 radical (unpaired) electrons. The molecule has 1 saturated carbocycles. The minimum Gasteiger partial charge on any atom is -0.373 e. The number of halogens is 1. The van der Waals surface area contributed by atoms with Crippen LogP contribution in [0.5, 0.6) is 0 Å². The van der Waals surface area contributed by atoms with Gasteiger partial charge >= 0.3 is 0 Å². The molecular weight excluding hydrogens is 299 g/mol. The number of carbonyl (C=O) groups is 1. The molecule has 2 aliphatic heterocycles. The number of alkyl halides is 1. The zero-order chi connectivity index (χ0) is 15.9. The number of pyridine rings is 1. The van der Waals surface area contributed by atoms with Crippen LogP contribution in [-0.2, 0) is 20.9 Å². The summed E-state index contributed by atoms with van der Waals surface area (Å²) in [6, 6.07) is 3.88. The Morgan fingerprint density at radius 3 is 3.00 bits per heavy atom. The Morgan fingerprint density at radius 1 is 1.48 bits per heavy atom. The van der Waals surface area contributed by atoms with Gasteiger partial charge in [-0.1, -0.05) is 6.07 Å². The number of carbonyl (C=O) groups excluding carboxylic acids is 1. The zero-order valence-corrected chi connectivity index (χ0v) is 13.0. The zero-order valence-electron chi connectivity index (χ0n) is 13.0. The van der Waals surface area contributed by atoms with E-state index in [1.54, 1.807) is 17.3 Å². The first kappa shape index (κ1) is 15.0. The van der Waals surface area contributed by atoms with Crippen molar-refractivity contribution in [3.63, 3.8) is 0 Å². The second kappa shape index (κ2) is 5.53. The van der Waals surface area contributed by atoms with Gasteiger partial charge in [0.1, 0.15) is 5.60 Å². The van der Waals surface area contributed by atoms with Crippen LogP contribution in [0.15, 0.2) is 24.5 Å². The molecule has 5 nitrogen and oxygen atoms in total. The summed E-state index contributed by atoms with van der Waals surface area (Å²) in [5.74, 6) is -0.356. The Labute approximate surface area is 134 Å². The van der Waals surface area contributed by atoms with Gasteiger partial charge in [-0.05, 0) is 30.9 Å². The average Bonchev–Trinajstić information content (AvgIpc) is 3.30. The van der Waals surface area contributed by atoms with Gasteiger partial charge in [0, 0.05) is 25.4 Å². The van der Waals surface area contributed by atoms with Crippen molar-refractivity contribution in [2.45, 2.75) is 49.7 Å². The maximum atomic E-state index is 13.8. The molecule has 1 aliphatic carbocycles. The summed E-state index contributed by atoms with van der Waals surface area (Å²) in [6.07, 6.45) is 6.00. The van der Waals surface area contributed by atoms with Gasteiger partial charge in [0.25, 0.3) is 5.91 Å². The molecule has 0 N–H and O–H groups in total. The van der Waals surface area contributed by atoms with E-state index >= 15 is 0 Å². The number of hydrogen-bond acceptors (Lipinski definition) is 4. The van der Waals surface area contributed by atoms with Crippen LogP contribution in [0.25, 0.3) is 0 Å². The second-order valence-corrected chi connectivity index (χ2v) is 6.95. The van der Waals surface area contributed by atoms with Gasteiger partial charge < -0.3 is 14.4 Å². The number of amides is 1. The predicted molar refractivity (Wildman–Crippen MR) is 80.4 cm³/mol. The lowest BCUT2D eigenvalue weighted by atomic mass is 9.84. The summed E-state index contributed by atoms with van der Waals surface area (Å²) in [5, 5.41) is 0. The van der Waals surface area contributed by atoms with Gasteiger partial charge in [-0.3, -0.25) is 9.78 Å². The first-order valence-corrected chi connectivity index (χ1v) is 8.21. The fraction of sp³-hybridized carbons (Fsp3) is 0.647. The summed E-state index contributed by atoms with van der Waals surface area (Å²) < 4.78 is 25.7. The lowest BCUT2D eigenvalue weighted by molar-refractivity contribution is -0.205. The number of aromatic nitrogens is 1. The molecule has 1 aromatic rings. The van der Waals surface area contributed by atoms with E-state index in [1.807, 2.05) is 12.1 Å². The highest BCUT2D eigenvalue weighted by Crippen LogP contribution is 2.44. The summed E-state index contributed by atoms with van der Waals surface area (Å²) >= 11 is 0. The predicted octanol–water partition coefficient (Wildman–Crippen LogP) is 1.86. The molecule has 1 atom stereocenters. The molecule has 1 spiro atoms. The quantitative estimate of drug-likeness (QED) is 0.850. The van der Waals surface area contributed by atoms with Crippen molar-refractivity contribution in [3.8, 4) is 0 Å². The van der Waals surface area contributed by atoms with Crippen LogP contribution in [0.2, 0.25) is 0 Å². The molecule has 124 valence electrons. The van der Waals surface area contributed by atoms with E-state index in [0.717, 1.165) is 18.4 Å². The van der Waals surface area contributed by atoms with Crippen LogP contribution in [0.4, 0.5) is 4.39 Å². The van der Waals surface area contributed by atoms with E-state index in [4.69, 9.17) is 9.47 Å². The topological polar surface area (TPSA) is 51.7 Å². The maximum absolute atomic E-state index is 13.8. The first-order valence-electron chi connectivity index (χ1n) is 8.21. The van der Waals surface area contributed by atoms with Crippen LogP contribution >= 0.6 is 0 Å². The molecular formula is C17H21FN2O3. The molecule has 0 bridgehead atoms. The highest BCUT2D eigenvalue weighted by Gasteiger charge is 2.58. The van der Waals surface area contributed by atoms with E-state index in [1.165, 1.54) is 0 Å². The van der Waals surface area contributed by atoms with Gasteiger partial charge in [0.05, 0.1) is 25.8 Å². The minimum absolute atomic E-state index is 0.112. The molecule has 1 aromatic heterocycles. The van der Waals surface area contributed by atoms with Gasteiger partial charge in [-0.15, -0.1) is 0 Å². The normalized spacial score (nSPS) is 27.5. The Kier molecular flexibility index (Phi) is 3.61. The molecule has 6 heteroatoms. The second-order valence-electron chi connectivity index (χ2n) is 6.95. The number of likely N-dealkylation sites (tertiary alicyclic amines) is 1. The van der Waals surface area contributed by atoms with Crippen molar-refractivity contribution in [3.05, 3.63) is 30.1 Å². The monoisotopic (exact) mass is 320 g/mol. The highest BCUT2D eigenvalue weighted by molar-refractivity contribution is 5.88. The smallest absolute Gasteiger partial charge is 0.260 e. The fourth-order valence-corrected chi connectivity index (χ4v) is 3.44. The Morgan fingerprint density at radius 2 is 2.30 bits per heavy atom. The number of nitrogens with zero attached hydrogens (tertiary/aromatic N) is 2. The molecule has 2 saturated heterocycles. The van der Waals surface area contributed by atoms with Crippen molar-refractivity contribution in [1.29, 1.82) is 0 Å². The molecule has 0 aromatic carbocycles. The van der Waals surface area contributed by atoms with Gasteiger partial charge in [-0.2, -0.15) is 0 Å². The molecule has 3 fully saturated rings. The number of rotatable bonds is 4. The molecule has 3 heterocycles. The van der Waals surface area contributed by atoms with Gasteiger partial charge in [0.15, 0.2) is 5.67 Å². The molecule has 0 unspecified atom stereocenters. The van der Waals surface area contributed by atoms with Crippen LogP contribution < -0.4 is 0 Å². The molecule has 23 heavy (non-hydrogen) atoms. The first-order chi connectivity index (χ1) is 11.1. The van der Waals surface area contributed by atoms with Crippen molar-refractivity contribution in [2.75, 3.05) is 19.7 Å². The van der Waals surface area contributed by atoms with Crippen molar-refractivity contribution < 1.29 is 18.7 Å². The van der Waals surface area contributed by atoms with Crippen LogP contribution in [0.3, 0.4) is 0 Å². The largest absolute Gasteiger partial charge is 0.373 e. The summed E-state index contributed by atoms with van der Waals surface area (Å²) in [5.41, 5.74) is -0.864. The standard InChI is InChI=1S/C17H21FN2O3/c18-17(4-5-17)15(21)20-11-16(12-20)8-14(3-7-23-16)22-10-13-2-1-6-19-9-13/h1-2,6,9,14H,3-5,7-8,10-12H2/t14-/m1/s1. The Bertz CT molecular complexity index is 585. The van der Waals surface area contributed by atoms with E-state index in [9.17, 15) is 9.18 Å². The third-order valence-electron chi connectivity index (χ3n) is 4.97. The van der Waals surface area contributed by atoms with Gasteiger partial charge in [0.2, 0.25) is 0 Å². The lowest BCUT2D eigenvalue weighted by Gasteiger charge is -2.53. The summed E-state index contributed by atoms with van der Waals surface area (Å²) in [7, 11) is 0. The molecule has 1 amide bonds. The van der Waals surface area contributed by atoms with Crippen molar-refractivity contribution in [1.82, 2.24) is 9.88 Å². The third kappa shape index (κ3) is 2.97. The lowest BCUT2D eigenvalue weighted by Crippen LogP contribution is -2.68. The van der Waals surface area contributed by atoms with E-state index in [2.05, 4.69) is 4.98 Å². The number of hydrogen-bond donors (Lipinski definition) is 0. The summed E-state index contributed by atoms with van der Waals surface area (Å²) in [6.45, 7) is 2.14. The molecule has 4 rings (SSSR count). The van der Waals surface area contributed by atoms with E-state index in [0.29, 0.717) is 39.1 Å². The van der Waals surface area contributed by atoms with Gasteiger partial charge in [-0.25, -0.2) is 4.39 Å². The Balaban J connectivity index is 1.29.